The second-order valence-corrected chi connectivity index (χ2v) is 6.45. The number of nitrogens with two attached hydrogens (primary N) is 1. The quantitative estimate of drug-likeness (QED) is 0.737. The van der Waals surface area contributed by atoms with Gasteiger partial charge in [-0.3, -0.25) is 4.79 Å². The molecule has 0 saturated carbocycles. The average Bonchev–Trinajstić information content (AvgIpc) is 2.46. The van der Waals surface area contributed by atoms with Crippen LogP contribution in [0.15, 0.2) is 24.3 Å². The minimum atomic E-state index is 0.0750. The molecule has 3 N–H and O–H groups in total. The van der Waals surface area contributed by atoms with Gasteiger partial charge in [-0.25, -0.2) is 0 Å². The normalized spacial score (nSPS) is 13.7. The molecule has 1 rings (SSSR count). The SMILES string of the molecule is COc1ccccc1CC(C)CC(=O)NC(CN)CC(C)C. The van der Waals surface area contributed by atoms with Crippen molar-refractivity contribution in [3.05, 3.63) is 29.8 Å². The smallest absolute Gasteiger partial charge is 0.220 e. The van der Waals surface area contributed by atoms with Crippen LogP contribution in [0.1, 0.15) is 39.2 Å². The van der Waals surface area contributed by atoms with Gasteiger partial charge in [0.1, 0.15) is 5.75 Å². The third-order valence-electron chi connectivity index (χ3n) is 3.70. The molecule has 2 atom stereocenters. The molecule has 4 heteroatoms. The monoisotopic (exact) mass is 306 g/mol. The molecule has 1 aromatic rings. The molecule has 0 heterocycles. The van der Waals surface area contributed by atoms with Crippen LogP contribution in [0.25, 0.3) is 0 Å². The Kier molecular flexibility index (Phi) is 7.96. The predicted octanol–water partition coefficient (Wildman–Crippen LogP) is 2.75. The van der Waals surface area contributed by atoms with Gasteiger partial charge < -0.3 is 15.8 Å². The fraction of sp³-hybridized carbons (Fsp3) is 0.611. The fourth-order valence-electron chi connectivity index (χ4n) is 2.71. The Morgan fingerprint density at radius 2 is 1.95 bits per heavy atom. The van der Waals surface area contributed by atoms with E-state index in [4.69, 9.17) is 10.5 Å². The fourth-order valence-corrected chi connectivity index (χ4v) is 2.71. The van der Waals surface area contributed by atoms with Crippen molar-refractivity contribution in [1.29, 1.82) is 0 Å². The minimum absolute atomic E-state index is 0.0750. The van der Waals surface area contributed by atoms with Crippen LogP contribution in [0.2, 0.25) is 0 Å². The number of carbonyl (C=O) groups excluding carboxylic acids is 1. The second kappa shape index (κ2) is 9.46. The van der Waals surface area contributed by atoms with Crippen LogP contribution < -0.4 is 15.8 Å². The van der Waals surface area contributed by atoms with E-state index in [9.17, 15) is 4.79 Å². The van der Waals surface area contributed by atoms with Crippen LogP contribution in [0, 0.1) is 11.8 Å². The molecule has 0 radical (unpaired) electrons. The summed E-state index contributed by atoms with van der Waals surface area (Å²) < 4.78 is 5.36. The van der Waals surface area contributed by atoms with Crippen molar-refractivity contribution < 1.29 is 9.53 Å². The molecule has 22 heavy (non-hydrogen) atoms. The summed E-state index contributed by atoms with van der Waals surface area (Å²) in [5, 5.41) is 3.05. The summed E-state index contributed by atoms with van der Waals surface area (Å²) in [6.45, 7) is 6.86. The van der Waals surface area contributed by atoms with Gasteiger partial charge in [-0.15, -0.1) is 0 Å². The largest absolute Gasteiger partial charge is 0.496 e. The highest BCUT2D eigenvalue weighted by molar-refractivity contribution is 5.76. The maximum absolute atomic E-state index is 12.2. The van der Waals surface area contributed by atoms with Crippen LogP contribution in [-0.4, -0.2) is 25.6 Å². The molecule has 4 nitrogen and oxygen atoms in total. The first kappa shape index (κ1) is 18.5. The van der Waals surface area contributed by atoms with E-state index >= 15 is 0 Å². The van der Waals surface area contributed by atoms with Gasteiger partial charge in [0, 0.05) is 19.0 Å². The molecule has 1 amide bonds. The lowest BCUT2D eigenvalue weighted by Crippen LogP contribution is -2.41. The third-order valence-corrected chi connectivity index (χ3v) is 3.70. The summed E-state index contributed by atoms with van der Waals surface area (Å²) >= 11 is 0. The van der Waals surface area contributed by atoms with Crippen molar-refractivity contribution in [3.63, 3.8) is 0 Å². The molecule has 0 saturated heterocycles. The molecule has 0 aliphatic heterocycles. The Hall–Kier alpha value is -1.55. The molecule has 1 aromatic carbocycles. The first-order valence-corrected chi connectivity index (χ1v) is 8.07. The number of benzene rings is 1. The van der Waals surface area contributed by atoms with Crippen molar-refractivity contribution in [1.82, 2.24) is 5.32 Å². The highest BCUT2D eigenvalue weighted by Gasteiger charge is 2.16. The van der Waals surface area contributed by atoms with Crippen LogP contribution >= 0.6 is 0 Å². The van der Waals surface area contributed by atoms with Gasteiger partial charge in [0.05, 0.1) is 7.11 Å². The number of rotatable bonds is 9. The molecule has 2 unspecified atom stereocenters. The summed E-state index contributed by atoms with van der Waals surface area (Å²) in [4.78, 5) is 12.2. The van der Waals surface area contributed by atoms with E-state index < -0.39 is 0 Å². The van der Waals surface area contributed by atoms with E-state index in [2.05, 4.69) is 32.2 Å². The summed E-state index contributed by atoms with van der Waals surface area (Å²) in [7, 11) is 1.67. The van der Waals surface area contributed by atoms with Gasteiger partial charge in [0.2, 0.25) is 5.91 Å². The average molecular weight is 306 g/mol. The highest BCUT2D eigenvalue weighted by Crippen LogP contribution is 2.22. The number of hydrogen-bond acceptors (Lipinski definition) is 3. The Bertz CT molecular complexity index is 460. The van der Waals surface area contributed by atoms with Crippen molar-refractivity contribution in [3.8, 4) is 5.75 Å². The lowest BCUT2D eigenvalue weighted by molar-refractivity contribution is -0.122. The van der Waals surface area contributed by atoms with Gasteiger partial charge in [0.25, 0.3) is 0 Å². The number of amides is 1. The minimum Gasteiger partial charge on any atom is -0.496 e. The van der Waals surface area contributed by atoms with Crippen molar-refractivity contribution in [2.45, 2.75) is 46.1 Å². The van der Waals surface area contributed by atoms with Gasteiger partial charge in [0.15, 0.2) is 0 Å². The zero-order chi connectivity index (χ0) is 16.5. The van der Waals surface area contributed by atoms with Gasteiger partial charge in [-0.05, 0) is 36.3 Å². The van der Waals surface area contributed by atoms with Gasteiger partial charge in [-0.2, -0.15) is 0 Å². The molecule has 0 aliphatic carbocycles. The Balaban J connectivity index is 2.50. The standard InChI is InChI=1S/C18H30N2O2/c1-13(2)9-16(12-19)20-18(21)11-14(3)10-15-7-5-6-8-17(15)22-4/h5-8,13-14,16H,9-12,19H2,1-4H3,(H,20,21). The molecule has 0 spiro atoms. The Morgan fingerprint density at radius 3 is 2.55 bits per heavy atom. The first-order chi connectivity index (χ1) is 10.5. The third kappa shape index (κ3) is 6.48. The molecular weight excluding hydrogens is 276 g/mol. The predicted molar refractivity (Wildman–Crippen MR) is 90.9 cm³/mol. The zero-order valence-corrected chi connectivity index (χ0v) is 14.3. The molecule has 0 fully saturated rings. The number of para-hydroxylation sites is 1. The number of hydrogen-bond donors (Lipinski definition) is 2. The van der Waals surface area contributed by atoms with E-state index in [0.717, 1.165) is 24.2 Å². The number of ether oxygens (including phenoxy) is 1. The van der Waals surface area contributed by atoms with E-state index in [0.29, 0.717) is 18.9 Å². The summed E-state index contributed by atoms with van der Waals surface area (Å²) in [6.07, 6.45) is 2.25. The maximum atomic E-state index is 12.2. The van der Waals surface area contributed by atoms with Crippen LogP contribution in [-0.2, 0) is 11.2 Å². The van der Waals surface area contributed by atoms with Crippen molar-refractivity contribution >= 4 is 5.91 Å². The zero-order valence-electron chi connectivity index (χ0n) is 14.3. The van der Waals surface area contributed by atoms with Gasteiger partial charge in [-0.1, -0.05) is 39.0 Å². The van der Waals surface area contributed by atoms with E-state index in [1.54, 1.807) is 7.11 Å². The Labute approximate surface area is 134 Å². The van der Waals surface area contributed by atoms with Crippen LogP contribution in [0.5, 0.6) is 5.75 Å². The van der Waals surface area contributed by atoms with E-state index in [1.807, 2.05) is 18.2 Å². The van der Waals surface area contributed by atoms with Crippen LogP contribution in [0.4, 0.5) is 0 Å². The number of carbonyl (C=O) groups is 1. The number of nitrogens with one attached hydrogen (secondary N) is 1. The Morgan fingerprint density at radius 1 is 1.27 bits per heavy atom. The first-order valence-electron chi connectivity index (χ1n) is 8.07. The molecular formula is C18H30N2O2. The van der Waals surface area contributed by atoms with Gasteiger partial charge >= 0.3 is 0 Å². The maximum Gasteiger partial charge on any atom is 0.220 e. The van der Waals surface area contributed by atoms with E-state index in [-0.39, 0.29) is 17.9 Å². The molecule has 124 valence electrons. The lowest BCUT2D eigenvalue weighted by Gasteiger charge is -2.20. The van der Waals surface area contributed by atoms with E-state index in [1.165, 1.54) is 0 Å². The molecule has 0 aliphatic rings. The lowest BCUT2D eigenvalue weighted by atomic mass is 9.96. The van der Waals surface area contributed by atoms with Crippen LogP contribution in [0.3, 0.4) is 0 Å². The van der Waals surface area contributed by atoms with Crippen molar-refractivity contribution in [2.24, 2.45) is 17.6 Å². The summed E-state index contributed by atoms with van der Waals surface area (Å²) in [6, 6.07) is 8.03. The number of methoxy groups -OCH3 is 1. The summed E-state index contributed by atoms with van der Waals surface area (Å²) in [5.41, 5.74) is 6.87. The second-order valence-electron chi connectivity index (χ2n) is 6.45. The summed E-state index contributed by atoms with van der Waals surface area (Å²) in [5.74, 6) is 1.75. The molecule has 0 bridgehead atoms. The highest BCUT2D eigenvalue weighted by atomic mass is 16.5. The van der Waals surface area contributed by atoms with Crippen molar-refractivity contribution in [2.75, 3.05) is 13.7 Å². The molecule has 0 aromatic heterocycles. The topological polar surface area (TPSA) is 64.3 Å².